The minimum Gasteiger partial charge on any atom is -0.465 e. The van der Waals surface area contributed by atoms with Gasteiger partial charge in [0.15, 0.2) is 0 Å². The van der Waals surface area contributed by atoms with E-state index in [0.29, 0.717) is 0 Å². The molecule has 0 bridgehead atoms. The first-order valence-corrected chi connectivity index (χ1v) is 3.46. The van der Waals surface area contributed by atoms with Crippen molar-refractivity contribution in [3.63, 3.8) is 0 Å². The molecule has 0 spiro atoms. The standard InChI is InChI=1S/C6H9F2NO3/c7-5(8)3-1-9(6(11)12)2-4(3)10/h3-5,10H,1-2H2,(H,11,12)/t3-,4-/m1/s1. The van der Waals surface area contributed by atoms with Crippen LogP contribution in [0.25, 0.3) is 0 Å². The van der Waals surface area contributed by atoms with Crippen molar-refractivity contribution in [1.82, 2.24) is 4.90 Å². The Morgan fingerprint density at radius 3 is 2.33 bits per heavy atom. The molecule has 2 N–H and O–H groups in total. The third-order valence-electron chi connectivity index (χ3n) is 1.93. The highest BCUT2D eigenvalue weighted by Gasteiger charge is 2.39. The van der Waals surface area contributed by atoms with Gasteiger partial charge in [0.2, 0.25) is 6.43 Å². The van der Waals surface area contributed by atoms with E-state index >= 15 is 0 Å². The van der Waals surface area contributed by atoms with Crippen molar-refractivity contribution in [2.45, 2.75) is 12.5 Å². The first-order chi connectivity index (χ1) is 5.52. The number of amides is 1. The summed E-state index contributed by atoms with van der Waals surface area (Å²) in [5.74, 6) is -1.24. The van der Waals surface area contributed by atoms with Crippen LogP contribution in [-0.2, 0) is 0 Å². The van der Waals surface area contributed by atoms with Gasteiger partial charge in [0.1, 0.15) is 0 Å². The largest absolute Gasteiger partial charge is 0.465 e. The summed E-state index contributed by atoms with van der Waals surface area (Å²) < 4.78 is 24.1. The van der Waals surface area contributed by atoms with Crippen molar-refractivity contribution in [3.05, 3.63) is 0 Å². The molecule has 2 atom stereocenters. The Morgan fingerprint density at radius 1 is 1.50 bits per heavy atom. The van der Waals surface area contributed by atoms with E-state index in [4.69, 9.17) is 10.2 Å². The summed E-state index contributed by atoms with van der Waals surface area (Å²) >= 11 is 0. The van der Waals surface area contributed by atoms with E-state index < -0.39 is 24.5 Å². The Morgan fingerprint density at radius 2 is 2.08 bits per heavy atom. The van der Waals surface area contributed by atoms with Gasteiger partial charge in [-0.25, -0.2) is 13.6 Å². The molecule has 1 fully saturated rings. The summed E-state index contributed by atoms with van der Waals surface area (Å²) in [6, 6.07) is 0. The lowest BCUT2D eigenvalue weighted by molar-refractivity contribution is 0.0202. The third-order valence-corrected chi connectivity index (χ3v) is 1.93. The van der Waals surface area contributed by atoms with Crippen LogP contribution in [0.4, 0.5) is 13.6 Å². The fourth-order valence-electron chi connectivity index (χ4n) is 1.22. The second-order valence-corrected chi connectivity index (χ2v) is 2.75. The van der Waals surface area contributed by atoms with Crippen molar-refractivity contribution in [2.24, 2.45) is 5.92 Å². The minimum absolute atomic E-state index is 0.218. The van der Waals surface area contributed by atoms with Crippen molar-refractivity contribution in [1.29, 1.82) is 0 Å². The van der Waals surface area contributed by atoms with Crippen molar-refractivity contribution < 1.29 is 23.8 Å². The molecule has 0 radical (unpaired) electrons. The van der Waals surface area contributed by atoms with Gasteiger partial charge in [-0.3, -0.25) is 0 Å². The fraction of sp³-hybridized carbons (Fsp3) is 0.833. The molecule has 0 aromatic heterocycles. The predicted molar refractivity (Wildman–Crippen MR) is 35.1 cm³/mol. The number of halogens is 2. The molecule has 1 aliphatic heterocycles. The number of likely N-dealkylation sites (tertiary alicyclic amines) is 1. The monoisotopic (exact) mass is 181 g/mol. The molecule has 1 amide bonds. The Hall–Kier alpha value is -0.910. The van der Waals surface area contributed by atoms with Crippen LogP contribution in [0, 0.1) is 5.92 Å². The second kappa shape index (κ2) is 3.22. The number of β-amino-alcohol motifs (C(OH)–C–C–N with tert-alkyl or cyclic N) is 1. The van der Waals surface area contributed by atoms with Crippen LogP contribution in [0.5, 0.6) is 0 Å². The lowest BCUT2D eigenvalue weighted by atomic mass is 10.1. The van der Waals surface area contributed by atoms with Crippen LogP contribution in [0.3, 0.4) is 0 Å². The number of aliphatic hydroxyl groups is 1. The topological polar surface area (TPSA) is 60.8 Å². The molecule has 12 heavy (non-hydrogen) atoms. The number of aliphatic hydroxyl groups excluding tert-OH is 1. The number of carboxylic acid groups (broad SMARTS) is 1. The fourth-order valence-corrected chi connectivity index (χ4v) is 1.22. The summed E-state index contributed by atoms with van der Waals surface area (Å²) in [7, 11) is 0. The van der Waals surface area contributed by atoms with Crippen LogP contribution < -0.4 is 0 Å². The maximum atomic E-state index is 12.0. The minimum atomic E-state index is -2.66. The van der Waals surface area contributed by atoms with Crippen LogP contribution in [-0.4, -0.2) is 46.8 Å². The Labute approximate surface area is 67.4 Å². The highest BCUT2D eigenvalue weighted by Crippen LogP contribution is 2.23. The van der Waals surface area contributed by atoms with E-state index in [9.17, 15) is 13.6 Å². The first-order valence-electron chi connectivity index (χ1n) is 3.46. The number of nitrogens with zero attached hydrogens (tertiary/aromatic N) is 1. The molecule has 1 aliphatic rings. The van der Waals surface area contributed by atoms with E-state index in [1.807, 2.05) is 0 Å². The van der Waals surface area contributed by atoms with Gasteiger partial charge in [0.25, 0.3) is 0 Å². The van der Waals surface area contributed by atoms with E-state index in [0.717, 1.165) is 4.90 Å². The SMILES string of the molecule is O=C(O)N1C[C@@H](O)[C@H](C(F)F)C1. The number of rotatable bonds is 1. The maximum absolute atomic E-state index is 12.0. The van der Waals surface area contributed by atoms with Gasteiger partial charge < -0.3 is 15.1 Å². The second-order valence-electron chi connectivity index (χ2n) is 2.75. The summed E-state index contributed by atoms with van der Waals surface area (Å²) in [4.78, 5) is 11.1. The summed E-state index contributed by atoms with van der Waals surface area (Å²) in [6.07, 6.45) is -5.16. The van der Waals surface area contributed by atoms with Crippen LogP contribution >= 0.6 is 0 Å². The van der Waals surface area contributed by atoms with Gasteiger partial charge in [0, 0.05) is 6.54 Å². The molecule has 1 saturated heterocycles. The number of hydrogen-bond acceptors (Lipinski definition) is 2. The molecule has 0 aliphatic carbocycles. The molecule has 6 heteroatoms. The number of carbonyl (C=O) groups is 1. The maximum Gasteiger partial charge on any atom is 0.407 e. The molecular weight excluding hydrogens is 172 g/mol. The Bertz CT molecular complexity index is 188. The third kappa shape index (κ3) is 1.63. The van der Waals surface area contributed by atoms with E-state index in [1.165, 1.54) is 0 Å². The first kappa shape index (κ1) is 9.18. The molecule has 1 heterocycles. The molecule has 70 valence electrons. The van der Waals surface area contributed by atoms with Gasteiger partial charge in [0.05, 0.1) is 18.6 Å². The summed E-state index contributed by atoms with van der Waals surface area (Å²) in [5, 5.41) is 17.4. The molecule has 0 aromatic carbocycles. The van der Waals surface area contributed by atoms with E-state index in [2.05, 4.69) is 0 Å². The Kier molecular flexibility index (Phi) is 2.46. The quantitative estimate of drug-likeness (QED) is 0.608. The molecular formula is C6H9F2NO3. The molecule has 4 nitrogen and oxygen atoms in total. The molecule has 0 aromatic rings. The van der Waals surface area contributed by atoms with Crippen LogP contribution in [0.2, 0.25) is 0 Å². The summed E-state index contributed by atoms with van der Waals surface area (Å²) in [5.41, 5.74) is 0. The predicted octanol–water partition coefficient (Wildman–Crippen LogP) is 0.222. The zero-order chi connectivity index (χ0) is 9.30. The van der Waals surface area contributed by atoms with Crippen LogP contribution in [0.15, 0.2) is 0 Å². The van der Waals surface area contributed by atoms with Gasteiger partial charge in [-0.1, -0.05) is 0 Å². The van der Waals surface area contributed by atoms with E-state index in [1.54, 1.807) is 0 Å². The average molecular weight is 181 g/mol. The molecule has 0 saturated carbocycles. The highest BCUT2D eigenvalue weighted by molar-refractivity contribution is 5.65. The van der Waals surface area contributed by atoms with Crippen molar-refractivity contribution in [2.75, 3.05) is 13.1 Å². The smallest absolute Gasteiger partial charge is 0.407 e. The highest BCUT2D eigenvalue weighted by atomic mass is 19.3. The molecule has 0 unspecified atom stereocenters. The van der Waals surface area contributed by atoms with Crippen LogP contribution in [0.1, 0.15) is 0 Å². The normalized spacial score (nSPS) is 29.8. The van der Waals surface area contributed by atoms with Crippen molar-refractivity contribution in [3.8, 4) is 0 Å². The zero-order valence-electron chi connectivity index (χ0n) is 6.15. The van der Waals surface area contributed by atoms with Gasteiger partial charge >= 0.3 is 6.09 Å². The lowest BCUT2D eigenvalue weighted by Gasteiger charge is -2.10. The Balaban J connectivity index is 2.56. The number of hydrogen-bond donors (Lipinski definition) is 2. The number of alkyl halides is 2. The summed E-state index contributed by atoms with van der Waals surface area (Å²) in [6.45, 7) is -0.501. The van der Waals surface area contributed by atoms with Gasteiger partial charge in [-0.2, -0.15) is 0 Å². The van der Waals surface area contributed by atoms with E-state index in [-0.39, 0.29) is 13.1 Å². The lowest BCUT2D eigenvalue weighted by Crippen LogP contribution is -2.27. The van der Waals surface area contributed by atoms with Gasteiger partial charge in [-0.05, 0) is 0 Å². The average Bonchev–Trinajstić information content (AvgIpc) is 2.30. The van der Waals surface area contributed by atoms with Crippen molar-refractivity contribution >= 4 is 6.09 Å². The zero-order valence-corrected chi connectivity index (χ0v) is 6.15. The van der Waals surface area contributed by atoms with Gasteiger partial charge in [-0.15, -0.1) is 0 Å². The molecule has 1 rings (SSSR count).